The Morgan fingerprint density at radius 1 is 1.15 bits per heavy atom. The van der Waals surface area contributed by atoms with Crippen LogP contribution in [0.4, 0.5) is 0 Å². The van der Waals surface area contributed by atoms with E-state index in [1.807, 2.05) is 6.92 Å². The average Bonchev–Trinajstić information content (AvgIpc) is 3.00. The van der Waals surface area contributed by atoms with Gasteiger partial charge in [0.1, 0.15) is 12.4 Å². The van der Waals surface area contributed by atoms with Crippen molar-refractivity contribution in [2.45, 2.75) is 77.6 Å². The lowest BCUT2D eigenvalue weighted by Gasteiger charge is -2.61. The largest absolute Gasteiger partial charge is 0.382 e. The van der Waals surface area contributed by atoms with Crippen LogP contribution in [0.3, 0.4) is 0 Å². The number of carbonyl (C=O) groups excluding carboxylic acids is 1. The van der Waals surface area contributed by atoms with Crippen LogP contribution in [0.2, 0.25) is 0 Å². The zero-order valence-corrected chi connectivity index (χ0v) is 17.2. The second-order valence-electron chi connectivity index (χ2n) is 9.46. The van der Waals surface area contributed by atoms with Crippen molar-refractivity contribution >= 4 is 5.78 Å². The van der Waals surface area contributed by atoms with Gasteiger partial charge >= 0.3 is 0 Å². The van der Waals surface area contributed by atoms with Crippen molar-refractivity contribution in [1.82, 2.24) is 0 Å². The molecule has 1 N–H and O–H groups in total. The quantitative estimate of drug-likeness (QED) is 0.772. The second-order valence-corrected chi connectivity index (χ2v) is 9.46. The molecule has 0 aromatic rings. The third-order valence-electron chi connectivity index (χ3n) is 8.41. The standard InChI is InChI=1S/C21H36O5/c1-13-7-9-21-10-8-15(25-6)17(21)20(13,4)16(26-12-24-5)11-19(3,23)18(22)14(21)2/h13-17,23H,7-12H2,1-6H3/t13-,14+,15-,16?,17?,19-,20+,21?/m1/s1. The van der Waals surface area contributed by atoms with E-state index in [-0.39, 0.29) is 47.4 Å². The summed E-state index contributed by atoms with van der Waals surface area (Å²) < 4.78 is 17.3. The van der Waals surface area contributed by atoms with E-state index >= 15 is 0 Å². The van der Waals surface area contributed by atoms with Gasteiger partial charge in [-0.25, -0.2) is 0 Å². The summed E-state index contributed by atoms with van der Waals surface area (Å²) in [5, 5.41) is 11.1. The van der Waals surface area contributed by atoms with Crippen LogP contribution in [0.25, 0.3) is 0 Å². The molecule has 150 valence electrons. The van der Waals surface area contributed by atoms with Crippen LogP contribution >= 0.6 is 0 Å². The molecule has 5 heteroatoms. The summed E-state index contributed by atoms with van der Waals surface area (Å²) in [4.78, 5) is 13.3. The molecule has 26 heavy (non-hydrogen) atoms. The Labute approximate surface area is 157 Å². The maximum Gasteiger partial charge on any atom is 0.167 e. The number of rotatable bonds is 4. The lowest BCUT2D eigenvalue weighted by molar-refractivity contribution is -0.225. The summed E-state index contributed by atoms with van der Waals surface area (Å²) >= 11 is 0. The van der Waals surface area contributed by atoms with Crippen LogP contribution in [-0.4, -0.2) is 49.7 Å². The molecule has 0 amide bonds. The van der Waals surface area contributed by atoms with Gasteiger partial charge in [-0.3, -0.25) is 4.79 Å². The molecule has 3 aliphatic carbocycles. The number of aliphatic hydroxyl groups is 1. The Morgan fingerprint density at radius 3 is 2.42 bits per heavy atom. The molecule has 3 fully saturated rings. The fraction of sp³-hybridized carbons (Fsp3) is 0.952. The van der Waals surface area contributed by atoms with Crippen LogP contribution < -0.4 is 0 Å². The molecular formula is C21H36O5. The van der Waals surface area contributed by atoms with Gasteiger partial charge in [-0.2, -0.15) is 0 Å². The summed E-state index contributed by atoms with van der Waals surface area (Å²) in [6.07, 6.45) is 4.26. The third kappa shape index (κ3) is 2.69. The third-order valence-corrected chi connectivity index (χ3v) is 8.41. The van der Waals surface area contributed by atoms with Crippen molar-refractivity contribution in [1.29, 1.82) is 0 Å². The molecule has 2 bridgehead atoms. The van der Waals surface area contributed by atoms with E-state index < -0.39 is 5.60 Å². The molecule has 3 rings (SSSR count). The van der Waals surface area contributed by atoms with Gasteiger partial charge in [0.2, 0.25) is 0 Å². The fourth-order valence-corrected chi connectivity index (χ4v) is 6.78. The van der Waals surface area contributed by atoms with E-state index in [2.05, 4.69) is 13.8 Å². The number of carbonyl (C=O) groups is 1. The number of hydrogen-bond donors (Lipinski definition) is 1. The van der Waals surface area contributed by atoms with Gasteiger partial charge in [0, 0.05) is 32.0 Å². The monoisotopic (exact) mass is 368 g/mol. The van der Waals surface area contributed by atoms with Gasteiger partial charge in [-0.05, 0) is 49.9 Å². The minimum atomic E-state index is -1.38. The number of methoxy groups -OCH3 is 2. The molecule has 5 nitrogen and oxygen atoms in total. The predicted molar refractivity (Wildman–Crippen MR) is 98.6 cm³/mol. The molecule has 3 aliphatic rings. The maximum atomic E-state index is 13.3. The van der Waals surface area contributed by atoms with Gasteiger partial charge in [0.05, 0.1) is 12.2 Å². The number of ether oxygens (including phenoxy) is 3. The van der Waals surface area contributed by atoms with Gasteiger partial charge in [0.15, 0.2) is 5.78 Å². The smallest absolute Gasteiger partial charge is 0.167 e. The molecule has 0 aromatic carbocycles. The van der Waals surface area contributed by atoms with Crippen molar-refractivity contribution in [2.75, 3.05) is 21.0 Å². The van der Waals surface area contributed by atoms with Crippen LogP contribution in [0.1, 0.15) is 59.8 Å². The summed E-state index contributed by atoms with van der Waals surface area (Å²) in [6, 6.07) is 0. The Kier molecular flexibility index (Phi) is 5.33. The normalized spacial score (nSPS) is 51.7. The maximum absolute atomic E-state index is 13.3. The Morgan fingerprint density at radius 2 is 1.81 bits per heavy atom. The highest BCUT2D eigenvalue weighted by Gasteiger charge is 2.68. The molecule has 3 unspecified atom stereocenters. The second kappa shape index (κ2) is 6.84. The van der Waals surface area contributed by atoms with E-state index in [4.69, 9.17) is 14.2 Å². The van der Waals surface area contributed by atoms with Crippen LogP contribution in [0.5, 0.6) is 0 Å². The highest BCUT2D eigenvalue weighted by molar-refractivity contribution is 5.89. The zero-order valence-electron chi connectivity index (χ0n) is 17.2. The molecule has 0 aromatic heterocycles. The number of Topliss-reactive ketones (excluding diaryl/α,β-unsaturated/α-hetero) is 1. The first kappa shape index (κ1) is 20.2. The lowest BCUT2D eigenvalue weighted by Crippen LogP contribution is -2.64. The first-order chi connectivity index (χ1) is 12.1. The molecule has 0 radical (unpaired) electrons. The minimum absolute atomic E-state index is 0.0399. The first-order valence-corrected chi connectivity index (χ1v) is 10.0. The number of ketones is 1. The van der Waals surface area contributed by atoms with Crippen LogP contribution in [-0.2, 0) is 19.0 Å². The van der Waals surface area contributed by atoms with Crippen LogP contribution in [0.15, 0.2) is 0 Å². The van der Waals surface area contributed by atoms with Crippen molar-refractivity contribution < 1.29 is 24.1 Å². The lowest BCUT2D eigenvalue weighted by atomic mass is 9.45. The SMILES string of the molecule is COCOC1C[C@@](C)(O)C(=O)[C@H](C)C23CC[C@@H](C)[C@]1(C)C2[C@H](OC)CC3. The van der Waals surface area contributed by atoms with E-state index in [1.54, 1.807) is 21.1 Å². The summed E-state index contributed by atoms with van der Waals surface area (Å²) in [5.41, 5.74) is -1.66. The van der Waals surface area contributed by atoms with E-state index in [0.717, 1.165) is 25.7 Å². The summed E-state index contributed by atoms with van der Waals surface area (Å²) in [7, 11) is 3.40. The predicted octanol–water partition coefficient (Wildman–Crippen LogP) is 3.18. The van der Waals surface area contributed by atoms with Crippen molar-refractivity contribution in [3.63, 3.8) is 0 Å². The fourth-order valence-electron chi connectivity index (χ4n) is 6.78. The molecule has 0 heterocycles. The van der Waals surface area contributed by atoms with E-state index in [0.29, 0.717) is 12.3 Å². The van der Waals surface area contributed by atoms with Crippen molar-refractivity contribution in [3.05, 3.63) is 0 Å². The van der Waals surface area contributed by atoms with E-state index in [9.17, 15) is 9.90 Å². The van der Waals surface area contributed by atoms with E-state index in [1.165, 1.54) is 0 Å². The number of hydrogen-bond acceptors (Lipinski definition) is 5. The minimum Gasteiger partial charge on any atom is -0.382 e. The zero-order chi connectivity index (χ0) is 19.3. The molecule has 0 aliphatic heterocycles. The Balaban J connectivity index is 2.16. The van der Waals surface area contributed by atoms with Gasteiger partial charge in [0.25, 0.3) is 0 Å². The van der Waals surface area contributed by atoms with Gasteiger partial charge in [-0.1, -0.05) is 20.8 Å². The highest BCUT2D eigenvalue weighted by atomic mass is 16.7. The van der Waals surface area contributed by atoms with Gasteiger partial charge < -0.3 is 19.3 Å². The molecular weight excluding hydrogens is 332 g/mol. The topological polar surface area (TPSA) is 65.0 Å². The van der Waals surface area contributed by atoms with Crippen molar-refractivity contribution in [3.8, 4) is 0 Å². The molecule has 0 spiro atoms. The molecule has 0 saturated heterocycles. The highest BCUT2D eigenvalue weighted by Crippen LogP contribution is 2.68. The summed E-state index contributed by atoms with van der Waals surface area (Å²) in [6.45, 7) is 8.46. The molecule has 3 saturated carbocycles. The average molecular weight is 369 g/mol. The van der Waals surface area contributed by atoms with Crippen LogP contribution in [0, 0.1) is 28.6 Å². The first-order valence-electron chi connectivity index (χ1n) is 10.0. The Hall–Kier alpha value is -0.490. The summed E-state index contributed by atoms with van der Waals surface area (Å²) in [5.74, 6) is 0.467. The van der Waals surface area contributed by atoms with Gasteiger partial charge in [-0.15, -0.1) is 0 Å². The Bertz CT molecular complexity index is 547. The molecule has 8 atom stereocenters. The van der Waals surface area contributed by atoms with Crippen molar-refractivity contribution in [2.24, 2.45) is 28.6 Å².